The molecule has 0 saturated carbocycles. The van der Waals surface area contributed by atoms with Gasteiger partial charge in [-0.25, -0.2) is 0 Å². The van der Waals surface area contributed by atoms with Crippen LogP contribution in [0.1, 0.15) is 33.6 Å². The lowest BCUT2D eigenvalue weighted by atomic mass is 9.98. The van der Waals surface area contributed by atoms with Crippen molar-refractivity contribution in [2.75, 3.05) is 13.1 Å². The van der Waals surface area contributed by atoms with Gasteiger partial charge in [0, 0.05) is 11.9 Å². The van der Waals surface area contributed by atoms with E-state index in [0.29, 0.717) is 0 Å². The van der Waals surface area contributed by atoms with Crippen LogP contribution in [0, 0.1) is 5.92 Å². The van der Waals surface area contributed by atoms with E-state index in [9.17, 15) is 0 Å². The summed E-state index contributed by atoms with van der Waals surface area (Å²) in [6.45, 7) is 12.0. The Labute approximate surface area is 94.2 Å². The summed E-state index contributed by atoms with van der Waals surface area (Å²) in [6, 6.07) is 0. The molecule has 0 unspecified atom stereocenters. The van der Waals surface area contributed by atoms with E-state index >= 15 is 0 Å². The minimum Gasteiger partial charge on any atom is -0.316 e. The fourth-order valence-electron chi connectivity index (χ4n) is 1.28. The van der Waals surface area contributed by atoms with Crippen molar-refractivity contribution in [3.8, 4) is 0 Å². The molecule has 0 bridgehead atoms. The van der Waals surface area contributed by atoms with Crippen molar-refractivity contribution < 1.29 is 0 Å². The average molecular weight is 208 g/mol. The predicted molar refractivity (Wildman–Crippen MR) is 69.4 cm³/mol. The first-order valence-electron chi connectivity index (χ1n) is 5.85. The van der Waals surface area contributed by atoms with Crippen molar-refractivity contribution in [1.29, 1.82) is 0 Å². The fraction of sp³-hybridized carbons (Fsp3) is 0.615. The van der Waals surface area contributed by atoms with E-state index in [1.54, 1.807) is 6.08 Å². The third kappa shape index (κ3) is 7.09. The highest BCUT2D eigenvalue weighted by molar-refractivity contribution is 5.58. The molecule has 1 saturated heterocycles. The number of hydrogen-bond acceptors (Lipinski definition) is 2. The van der Waals surface area contributed by atoms with Crippen LogP contribution in [0.5, 0.6) is 0 Å². The van der Waals surface area contributed by atoms with Crippen molar-refractivity contribution in [3.63, 3.8) is 0 Å². The van der Waals surface area contributed by atoms with E-state index in [4.69, 9.17) is 0 Å². The molecule has 0 aromatic heterocycles. The fourth-order valence-corrected chi connectivity index (χ4v) is 1.28. The van der Waals surface area contributed by atoms with Crippen LogP contribution in [0.3, 0.4) is 0 Å². The topological polar surface area (TPSA) is 24.4 Å². The number of nitrogens with one attached hydrogen (secondary N) is 1. The van der Waals surface area contributed by atoms with Crippen LogP contribution >= 0.6 is 0 Å². The van der Waals surface area contributed by atoms with Gasteiger partial charge in [-0.1, -0.05) is 26.5 Å². The Morgan fingerprint density at radius 3 is 2.60 bits per heavy atom. The lowest BCUT2D eigenvalue weighted by Crippen LogP contribution is -2.41. The monoisotopic (exact) mass is 208 g/mol. The van der Waals surface area contributed by atoms with Gasteiger partial charge in [0.15, 0.2) is 0 Å². The first-order chi connectivity index (χ1) is 7.33. The maximum Gasteiger partial charge on any atom is 0.0368 e. The highest BCUT2D eigenvalue weighted by Gasteiger charge is 2.14. The smallest absolute Gasteiger partial charge is 0.0368 e. The van der Waals surface area contributed by atoms with Crippen molar-refractivity contribution in [3.05, 3.63) is 24.4 Å². The van der Waals surface area contributed by atoms with Crippen LogP contribution in [0.15, 0.2) is 29.4 Å². The molecule has 0 aromatic carbocycles. The Balaban J connectivity index is 0.000000921. The zero-order valence-electron chi connectivity index (χ0n) is 10.3. The molecule has 15 heavy (non-hydrogen) atoms. The molecule has 1 fully saturated rings. The Hall–Kier alpha value is -0.890. The molecule has 1 rings (SSSR count). The maximum absolute atomic E-state index is 4.29. The van der Waals surface area contributed by atoms with Crippen LogP contribution in [0.2, 0.25) is 0 Å². The SMILES string of the molecule is C=C/C=C(/C)N=CCCC1CNC1.CC. The number of allylic oxidation sites excluding steroid dienone is 3. The molecule has 86 valence electrons. The van der Waals surface area contributed by atoms with E-state index in [2.05, 4.69) is 16.9 Å². The van der Waals surface area contributed by atoms with Crippen LogP contribution in [-0.2, 0) is 0 Å². The summed E-state index contributed by atoms with van der Waals surface area (Å²) in [5, 5.41) is 3.26. The van der Waals surface area contributed by atoms with Gasteiger partial charge in [0.2, 0.25) is 0 Å². The molecule has 1 aliphatic rings. The summed E-state index contributed by atoms with van der Waals surface area (Å²) in [6.07, 6.45) is 8.05. The summed E-state index contributed by atoms with van der Waals surface area (Å²) >= 11 is 0. The molecule has 2 nitrogen and oxygen atoms in total. The van der Waals surface area contributed by atoms with Gasteiger partial charge in [0.05, 0.1) is 0 Å². The second kappa shape index (κ2) is 9.66. The predicted octanol–water partition coefficient (Wildman–Crippen LogP) is 3.17. The third-order valence-electron chi connectivity index (χ3n) is 2.22. The van der Waals surface area contributed by atoms with Crippen molar-refractivity contribution in [2.45, 2.75) is 33.6 Å². The molecule has 1 N–H and O–H groups in total. The highest BCUT2D eigenvalue weighted by atomic mass is 14.9. The van der Waals surface area contributed by atoms with Gasteiger partial charge in [-0.15, -0.1) is 0 Å². The Morgan fingerprint density at radius 2 is 2.13 bits per heavy atom. The maximum atomic E-state index is 4.29. The summed E-state index contributed by atoms with van der Waals surface area (Å²) in [4.78, 5) is 4.29. The van der Waals surface area contributed by atoms with Gasteiger partial charge in [-0.05, 0) is 44.8 Å². The van der Waals surface area contributed by atoms with E-state index in [1.807, 2.05) is 33.1 Å². The standard InChI is InChI=1S/C11H18N2.C2H6/c1-3-5-10(2)13-7-4-6-11-8-12-9-11;1-2/h3,5,7,11-12H,1,4,6,8-9H2,2H3;1-2H3/b10-5-,13-7?;. The second-order valence-electron chi connectivity index (χ2n) is 3.46. The van der Waals surface area contributed by atoms with Crippen molar-refractivity contribution >= 4 is 6.21 Å². The Morgan fingerprint density at radius 1 is 1.47 bits per heavy atom. The zero-order valence-corrected chi connectivity index (χ0v) is 10.3. The zero-order chi connectivity index (χ0) is 11.5. The largest absolute Gasteiger partial charge is 0.316 e. The first-order valence-corrected chi connectivity index (χ1v) is 5.85. The summed E-state index contributed by atoms with van der Waals surface area (Å²) < 4.78 is 0. The molecule has 1 heterocycles. The lowest BCUT2D eigenvalue weighted by molar-refractivity contribution is 0.333. The second-order valence-corrected chi connectivity index (χ2v) is 3.46. The molecule has 0 amide bonds. The minimum atomic E-state index is 0.884. The molecule has 2 heteroatoms. The van der Waals surface area contributed by atoms with Crippen LogP contribution in [-0.4, -0.2) is 19.3 Å². The minimum absolute atomic E-state index is 0.884. The number of rotatable bonds is 5. The molecule has 0 atom stereocenters. The van der Waals surface area contributed by atoms with Crippen LogP contribution < -0.4 is 5.32 Å². The summed E-state index contributed by atoms with van der Waals surface area (Å²) in [5.74, 6) is 0.884. The van der Waals surface area contributed by atoms with Gasteiger partial charge < -0.3 is 5.32 Å². The number of hydrogen-bond donors (Lipinski definition) is 1. The molecular weight excluding hydrogens is 184 g/mol. The lowest BCUT2D eigenvalue weighted by Gasteiger charge is -2.26. The molecule has 0 radical (unpaired) electrons. The highest BCUT2D eigenvalue weighted by Crippen LogP contribution is 2.09. The van der Waals surface area contributed by atoms with Gasteiger partial charge in [0.1, 0.15) is 0 Å². The average Bonchev–Trinajstić information content (AvgIpc) is 2.18. The van der Waals surface area contributed by atoms with E-state index < -0.39 is 0 Å². The quantitative estimate of drug-likeness (QED) is 0.544. The van der Waals surface area contributed by atoms with Gasteiger partial charge in [-0.3, -0.25) is 4.99 Å². The normalized spacial score (nSPS) is 16.9. The van der Waals surface area contributed by atoms with E-state index in [-0.39, 0.29) is 0 Å². The number of nitrogens with zero attached hydrogens (tertiary/aromatic N) is 1. The summed E-state index contributed by atoms with van der Waals surface area (Å²) in [7, 11) is 0. The number of aliphatic imine (C=N–C) groups is 1. The van der Waals surface area contributed by atoms with Crippen LogP contribution in [0.4, 0.5) is 0 Å². The van der Waals surface area contributed by atoms with E-state index in [0.717, 1.165) is 18.0 Å². The van der Waals surface area contributed by atoms with Crippen LogP contribution in [0.25, 0.3) is 0 Å². The molecule has 0 aromatic rings. The Kier molecular flexibility index (Phi) is 9.08. The molecule has 1 aliphatic heterocycles. The Bertz CT molecular complexity index is 213. The van der Waals surface area contributed by atoms with Gasteiger partial charge >= 0.3 is 0 Å². The summed E-state index contributed by atoms with van der Waals surface area (Å²) in [5.41, 5.74) is 1.03. The molecular formula is C13H24N2. The van der Waals surface area contributed by atoms with Crippen molar-refractivity contribution in [2.24, 2.45) is 10.9 Å². The van der Waals surface area contributed by atoms with Gasteiger partial charge in [-0.2, -0.15) is 0 Å². The molecule has 0 spiro atoms. The third-order valence-corrected chi connectivity index (χ3v) is 2.22. The van der Waals surface area contributed by atoms with Crippen molar-refractivity contribution in [1.82, 2.24) is 5.32 Å². The van der Waals surface area contributed by atoms with Gasteiger partial charge in [0.25, 0.3) is 0 Å². The van der Waals surface area contributed by atoms with E-state index in [1.165, 1.54) is 19.5 Å². The first kappa shape index (κ1) is 14.1. The molecule has 0 aliphatic carbocycles.